The predicted molar refractivity (Wildman–Crippen MR) is 109 cm³/mol. The number of fused-ring (bicyclic) bond motifs is 1. The molecule has 0 saturated carbocycles. The molecule has 0 heteroatoms. The van der Waals surface area contributed by atoms with Gasteiger partial charge in [0.05, 0.1) is 0 Å². The van der Waals surface area contributed by atoms with Gasteiger partial charge in [-0.25, -0.2) is 0 Å². The summed E-state index contributed by atoms with van der Waals surface area (Å²) in [5.74, 6) is 0.566. The van der Waals surface area contributed by atoms with Gasteiger partial charge in [0.15, 0.2) is 0 Å². The highest BCUT2D eigenvalue weighted by molar-refractivity contribution is 5.97. The molecule has 0 radical (unpaired) electrons. The lowest BCUT2D eigenvalue weighted by molar-refractivity contribution is 0.867. The first-order chi connectivity index (χ1) is 12.2. The molecule has 0 fully saturated rings. The monoisotopic (exact) mass is 322 g/mol. The van der Waals surface area contributed by atoms with Gasteiger partial charge in [-0.1, -0.05) is 98.8 Å². The molecule has 0 unspecified atom stereocenters. The highest BCUT2D eigenvalue weighted by atomic mass is 14.1. The Morgan fingerprint density at radius 2 is 1.24 bits per heavy atom. The van der Waals surface area contributed by atoms with Crippen molar-refractivity contribution < 1.29 is 0 Å². The third-order valence-electron chi connectivity index (χ3n) is 4.87. The summed E-state index contributed by atoms with van der Waals surface area (Å²) < 4.78 is 0. The summed E-state index contributed by atoms with van der Waals surface area (Å²) in [5.41, 5.74) is 6.47. The van der Waals surface area contributed by atoms with E-state index >= 15 is 0 Å². The van der Waals surface area contributed by atoms with E-state index in [0.717, 1.165) is 0 Å². The Balaban J connectivity index is 1.79. The fraction of sp³-hybridized carbons (Fsp3) is 0.120. The molecule has 0 saturated heterocycles. The molecule has 0 N–H and O–H groups in total. The first-order valence-corrected chi connectivity index (χ1v) is 8.91. The van der Waals surface area contributed by atoms with Crippen LogP contribution in [0, 0.1) is 0 Å². The molecule has 0 bridgehead atoms. The smallest absolute Gasteiger partial charge is 0.0105 e. The van der Waals surface area contributed by atoms with Crippen molar-refractivity contribution in [2.24, 2.45) is 0 Å². The highest BCUT2D eigenvalue weighted by Crippen LogP contribution is 2.31. The summed E-state index contributed by atoms with van der Waals surface area (Å²) in [7, 11) is 0. The van der Waals surface area contributed by atoms with Gasteiger partial charge in [0.2, 0.25) is 0 Å². The summed E-state index contributed by atoms with van der Waals surface area (Å²) in [6, 6.07) is 32.9. The fourth-order valence-corrected chi connectivity index (χ4v) is 3.40. The van der Waals surface area contributed by atoms with E-state index in [1.54, 1.807) is 0 Å². The minimum absolute atomic E-state index is 0.566. The quantitative estimate of drug-likeness (QED) is 0.371. The van der Waals surface area contributed by atoms with Gasteiger partial charge >= 0.3 is 0 Å². The first-order valence-electron chi connectivity index (χ1n) is 8.91. The Morgan fingerprint density at radius 1 is 0.560 bits per heavy atom. The van der Waals surface area contributed by atoms with Crippen LogP contribution in [-0.4, -0.2) is 0 Å². The molecule has 4 aromatic carbocycles. The molecule has 25 heavy (non-hydrogen) atoms. The molecule has 0 aromatic heterocycles. The van der Waals surface area contributed by atoms with Crippen LogP contribution in [0.15, 0.2) is 91.0 Å². The summed E-state index contributed by atoms with van der Waals surface area (Å²) in [4.78, 5) is 0. The molecule has 0 amide bonds. The van der Waals surface area contributed by atoms with Crippen LogP contribution in [0.5, 0.6) is 0 Å². The largest absolute Gasteiger partial charge is 0.0616 e. The second-order valence-corrected chi connectivity index (χ2v) is 6.88. The number of benzene rings is 4. The van der Waals surface area contributed by atoms with E-state index in [2.05, 4.69) is 105 Å². The van der Waals surface area contributed by atoms with Gasteiger partial charge in [-0.2, -0.15) is 0 Å². The van der Waals surface area contributed by atoms with Crippen LogP contribution < -0.4 is 0 Å². The van der Waals surface area contributed by atoms with Crippen molar-refractivity contribution in [1.29, 1.82) is 0 Å². The fourth-order valence-electron chi connectivity index (χ4n) is 3.40. The maximum absolute atomic E-state index is 2.30. The molecule has 4 rings (SSSR count). The molecule has 0 heterocycles. The predicted octanol–water partition coefficient (Wildman–Crippen LogP) is 7.30. The molecular formula is C25H22. The number of rotatable bonds is 3. The summed E-state index contributed by atoms with van der Waals surface area (Å²) >= 11 is 0. The third kappa shape index (κ3) is 3.08. The summed E-state index contributed by atoms with van der Waals surface area (Å²) in [6.45, 7) is 4.46. The lowest BCUT2D eigenvalue weighted by atomic mass is 9.94. The van der Waals surface area contributed by atoms with Gasteiger partial charge in [0, 0.05) is 0 Å². The van der Waals surface area contributed by atoms with Crippen LogP contribution in [0.4, 0.5) is 0 Å². The van der Waals surface area contributed by atoms with Crippen LogP contribution in [-0.2, 0) is 0 Å². The Morgan fingerprint density at radius 3 is 2.04 bits per heavy atom. The minimum Gasteiger partial charge on any atom is -0.0616 e. The van der Waals surface area contributed by atoms with Crippen molar-refractivity contribution in [3.05, 3.63) is 96.6 Å². The van der Waals surface area contributed by atoms with Gasteiger partial charge in [-0.3, -0.25) is 0 Å². The minimum atomic E-state index is 0.566. The van der Waals surface area contributed by atoms with Crippen LogP contribution in [0.1, 0.15) is 25.3 Å². The summed E-state index contributed by atoms with van der Waals surface area (Å²) in [6.07, 6.45) is 0. The van der Waals surface area contributed by atoms with E-state index in [9.17, 15) is 0 Å². The maximum Gasteiger partial charge on any atom is -0.0105 e. The van der Waals surface area contributed by atoms with Gasteiger partial charge in [-0.15, -0.1) is 0 Å². The topological polar surface area (TPSA) is 0 Å². The molecule has 0 atom stereocenters. The van der Waals surface area contributed by atoms with Crippen molar-refractivity contribution in [3.63, 3.8) is 0 Å². The third-order valence-corrected chi connectivity index (χ3v) is 4.87. The Labute approximate surface area is 149 Å². The van der Waals surface area contributed by atoms with Crippen molar-refractivity contribution in [3.8, 4) is 22.3 Å². The summed E-state index contributed by atoms with van der Waals surface area (Å²) in [5, 5.41) is 2.59. The molecule has 0 aliphatic carbocycles. The standard InChI is InChI=1S/C25H22/c1-18(2)19-13-15-20(16-14-19)22-9-5-10-23(17-22)25-12-6-8-21-7-3-4-11-24(21)25/h3-18H,1-2H3. The van der Waals surface area contributed by atoms with E-state index in [1.165, 1.54) is 38.6 Å². The van der Waals surface area contributed by atoms with Crippen molar-refractivity contribution in [2.45, 2.75) is 19.8 Å². The second kappa shape index (κ2) is 6.57. The average molecular weight is 322 g/mol. The molecule has 0 nitrogen and oxygen atoms in total. The average Bonchev–Trinajstić information content (AvgIpc) is 2.68. The highest BCUT2D eigenvalue weighted by Gasteiger charge is 2.06. The zero-order valence-electron chi connectivity index (χ0n) is 14.7. The second-order valence-electron chi connectivity index (χ2n) is 6.88. The SMILES string of the molecule is CC(C)c1ccc(-c2cccc(-c3cccc4ccccc34)c2)cc1. The van der Waals surface area contributed by atoms with Crippen LogP contribution in [0.2, 0.25) is 0 Å². The Hall–Kier alpha value is -2.86. The number of hydrogen-bond acceptors (Lipinski definition) is 0. The van der Waals surface area contributed by atoms with Crippen LogP contribution in [0.3, 0.4) is 0 Å². The van der Waals surface area contributed by atoms with Crippen LogP contribution in [0.25, 0.3) is 33.0 Å². The van der Waals surface area contributed by atoms with E-state index in [4.69, 9.17) is 0 Å². The number of hydrogen-bond donors (Lipinski definition) is 0. The lowest BCUT2D eigenvalue weighted by Crippen LogP contribution is -1.87. The molecule has 0 spiro atoms. The van der Waals surface area contributed by atoms with Crippen molar-refractivity contribution in [1.82, 2.24) is 0 Å². The molecule has 4 aromatic rings. The van der Waals surface area contributed by atoms with Crippen LogP contribution >= 0.6 is 0 Å². The molecule has 0 aliphatic rings. The van der Waals surface area contributed by atoms with Gasteiger partial charge in [0.25, 0.3) is 0 Å². The molecular weight excluding hydrogens is 300 g/mol. The Bertz CT molecular complexity index is 1000. The maximum atomic E-state index is 2.30. The van der Waals surface area contributed by atoms with E-state index in [0.29, 0.717) is 5.92 Å². The van der Waals surface area contributed by atoms with E-state index in [1.807, 2.05) is 0 Å². The van der Waals surface area contributed by atoms with E-state index < -0.39 is 0 Å². The van der Waals surface area contributed by atoms with Gasteiger partial charge in [0.1, 0.15) is 0 Å². The first kappa shape index (κ1) is 15.7. The molecule has 122 valence electrons. The normalized spacial score (nSPS) is 11.2. The zero-order valence-corrected chi connectivity index (χ0v) is 14.7. The van der Waals surface area contributed by atoms with Crippen molar-refractivity contribution >= 4 is 10.8 Å². The Kier molecular flexibility index (Phi) is 4.11. The lowest BCUT2D eigenvalue weighted by Gasteiger charge is -2.10. The zero-order chi connectivity index (χ0) is 17.2. The van der Waals surface area contributed by atoms with E-state index in [-0.39, 0.29) is 0 Å². The van der Waals surface area contributed by atoms with Gasteiger partial charge < -0.3 is 0 Å². The van der Waals surface area contributed by atoms with Gasteiger partial charge in [-0.05, 0) is 50.6 Å². The molecule has 0 aliphatic heterocycles. The van der Waals surface area contributed by atoms with Crippen molar-refractivity contribution in [2.75, 3.05) is 0 Å².